The van der Waals surface area contributed by atoms with Crippen LogP contribution in [0.1, 0.15) is 40.5 Å². The van der Waals surface area contributed by atoms with Gasteiger partial charge in [-0.25, -0.2) is 4.79 Å². The molecule has 0 unspecified atom stereocenters. The Morgan fingerprint density at radius 3 is 2.72 bits per heavy atom. The molecule has 2 N–H and O–H groups in total. The minimum absolute atomic E-state index is 0.0882. The molecule has 2 fully saturated rings. The molecule has 2 bridgehead atoms. The van der Waals surface area contributed by atoms with Crippen molar-refractivity contribution < 1.29 is 4.79 Å². The number of fused-ring (bicyclic) bond motifs is 1. The third-order valence-electron chi connectivity index (χ3n) is 6.55. The summed E-state index contributed by atoms with van der Waals surface area (Å²) in [5, 5.41) is 6.49. The molecule has 0 aromatic rings. The van der Waals surface area contributed by atoms with Crippen LogP contribution in [-0.4, -0.2) is 67.7 Å². The van der Waals surface area contributed by atoms with Gasteiger partial charge in [0.2, 0.25) is 0 Å². The van der Waals surface area contributed by atoms with Crippen LogP contribution < -0.4 is 10.6 Å². The van der Waals surface area contributed by atoms with Gasteiger partial charge in [0.1, 0.15) is 0 Å². The number of nitrogens with one attached hydrogen (secondary N) is 2. The van der Waals surface area contributed by atoms with Gasteiger partial charge in [-0.3, -0.25) is 4.90 Å². The number of carbonyl (C=O) groups excluding carboxylic acids is 1. The Labute approximate surface area is 153 Å². The third kappa shape index (κ3) is 4.20. The van der Waals surface area contributed by atoms with Gasteiger partial charge in [0.15, 0.2) is 0 Å². The zero-order valence-electron chi connectivity index (χ0n) is 16.5. The van der Waals surface area contributed by atoms with E-state index in [-0.39, 0.29) is 12.1 Å². The number of urea groups is 1. The fourth-order valence-corrected chi connectivity index (χ4v) is 4.66. The lowest BCUT2D eigenvalue weighted by molar-refractivity contribution is -0.00980. The van der Waals surface area contributed by atoms with Crippen LogP contribution in [0.15, 0.2) is 11.6 Å². The summed E-state index contributed by atoms with van der Waals surface area (Å²) in [6.07, 6.45) is 4.93. The molecule has 4 rings (SSSR count). The summed E-state index contributed by atoms with van der Waals surface area (Å²) < 4.78 is 0. The van der Waals surface area contributed by atoms with Gasteiger partial charge in [0, 0.05) is 51.9 Å². The molecule has 2 atom stereocenters. The zero-order valence-corrected chi connectivity index (χ0v) is 16.5. The number of nitrogens with zero attached hydrogens (tertiary/aromatic N) is 2. The lowest BCUT2D eigenvalue weighted by Gasteiger charge is -2.57. The standard InChI is InChI=1S/C20H36N4O/c1-15(2)22-19(25)24(12-11-23-9-7-21-8-10-23)14-16-5-6-17-13-18(16)20(17,3)4/h5,15,17-18,21H,6-14H2,1-4H3,(H,22,25)/t17-,18-/m1/s1. The van der Waals surface area contributed by atoms with Gasteiger partial charge in [-0.15, -0.1) is 0 Å². The highest BCUT2D eigenvalue weighted by molar-refractivity contribution is 5.74. The maximum atomic E-state index is 12.7. The average Bonchev–Trinajstić information content (AvgIpc) is 2.58. The number of carbonyl (C=O) groups is 1. The molecule has 1 saturated carbocycles. The monoisotopic (exact) mass is 348 g/mol. The molecule has 4 aliphatic rings. The average molecular weight is 349 g/mol. The van der Waals surface area contributed by atoms with Crippen molar-refractivity contribution >= 4 is 6.03 Å². The van der Waals surface area contributed by atoms with Crippen LogP contribution in [0.4, 0.5) is 4.79 Å². The van der Waals surface area contributed by atoms with Crippen molar-refractivity contribution in [1.82, 2.24) is 20.4 Å². The smallest absolute Gasteiger partial charge is 0.317 e. The van der Waals surface area contributed by atoms with Crippen LogP contribution in [0.5, 0.6) is 0 Å². The molecule has 2 amide bonds. The van der Waals surface area contributed by atoms with Gasteiger partial charge in [0.25, 0.3) is 0 Å². The highest BCUT2D eigenvalue weighted by atomic mass is 16.2. The van der Waals surface area contributed by atoms with E-state index in [4.69, 9.17) is 0 Å². The molecule has 1 heterocycles. The second-order valence-electron chi connectivity index (χ2n) is 8.94. The summed E-state index contributed by atoms with van der Waals surface area (Å²) in [5.41, 5.74) is 1.91. The predicted octanol–water partition coefficient (Wildman–Crippen LogP) is 2.30. The van der Waals surface area contributed by atoms with Gasteiger partial charge in [0.05, 0.1) is 0 Å². The highest BCUT2D eigenvalue weighted by Crippen LogP contribution is 2.59. The van der Waals surface area contributed by atoms with E-state index >= 15 is 0 Å². The van der Waals surface area contributed by atoms with E-state index in [1.54, 1.807) is 0 Å². The topological polar surface area (TPSA) is 47.6 Å². The van der Waals surface area contributed by atoms with Gasteiger partial charge in [-0.05, 0) is 43.9 Å². The van der Waals surface area contributed by atoms with Gasteiger partial charge < -0.3 is 15.5 Å². The van der Waals surface area contributed by atoms with Crippen LogP contribution in [0.2, 0.25) is 0 Å². The fourth-order valence-electron chi connectivity index (χ4n) is 4.66. The second kappa shape index (κ2) is 7.67. The number of hydrogen-bond donors (Lipinski definition) is 2. The summed E-state index contributed by atoms with van der Waals surface area (Å²) in [6.45, 7) is 15.7. The molecule has 0 spiro atoms. The van der Waals surface area contributed by atoms with Crippen molar-refractivity contribution in [3.63, 3.8) is 0 Å². The minimum Gasteiger partial charge on any atom is -0.336 e. The number of hydrogen-bond acceptors (Lipinski definition) is 3. The summed E-state index contributed by atoms with van der Waals surface area (Å²) >= 11 is 0. The molecule has 1 aliphatic heterocycles. The third-order valence-corrected chi connectivity index (χ3v) is 6.55. The molecule has 142 valence electrons. The minimum atomic E-state index is 0.0882. The summed E-state index contributed by atoms with van der Waals surface area (Å²) in [5.74, 6) is 1.51. The van der Waals surface area contributed by atoms with E-state index in [0.717, 1.165) is 51.7 Å². The second-order valence-corrected chi connectivity index (χ2v) is 8.94. The molecule has 5 heteroatoms. The van der Waals surface area contributed by atoms with Gasteiger partial charge in [-0.2, -0.15) is 0 Å². The predicted molar refractivity (Wildman–Crippen MR) is 103 cm³/mol. The normalized spacial score (nSPS) is 28.3. The van der Waals surface area contributed by atoms with Gasteiger partial charge in [-0.1, -0.05) is 25.5 Å². The Morgan fingerprint density at radius 2 is 2.12 bits per heavy atom. The van der Waals surface area contributed by atoms with Crippen LogP contribution in [-0.2, 0) is 0 Å². The van der Waals surface area contributed by atoms with Crippen molar-refractivity contribution in [3.05, 3.63) is 11.6 Å². The lowest BCUT2D eigenvalue weighted by Crippen LogP contribution is -2.53. The highest BCUT2D eigenvalue weighted by Gasteiger charge is 2.51. The van der Waals surface area contributed by atoms with Gasteiger partial charge >= 0.3 is 6.03 Å². The Morgan fingerprint density at radius 1 is 1.40 bits per heavy atom. The van der Waals surface area contributed by atoms with E-state index in [0.29, 0.717) is 11.3 Å². The van der Waals surface area contributed by atoms with E-state index in [2.05, 4.69) is 35.5 Å². The first-order chi connectivity index (χ1) is 11.9. The SMILES string of the molecule is CC(C)NC(=O)N(CCN1CCNCC1)CC1=CC[C@@H]2C[C@H]1C2(C)C. The van der Waals surface area contributed by atoms with Crippen LogP contribution >= 0.6 is 0 Å². The van der Waals surface area contributed by atoms with Crippen molar-refractivity contribution in [1.29, 1.82) is 0 Å². The molecular formula is C20H36N4O. The first-order valence-electron chi connectivity index (χ1n) is 10.1. The van der Waals surface area contributed by atoms with Crippen molar-refractivity contribution in [2.45, 2.75) is 46.6 Å². The lowest BCUT2D eigenvalue weighted by atomic mass is 9.49. The van der Waals surface area contributed by atoms with E-state index in [9.17, 15) is 4.79 Å². The first-order valence-corrected chi connectivity index (χ1v) is 10.1. The van der Waals surface area contributed by atoms with Crippen molar-refractivity contribution in [2.75, 3.05) is 45.8 Å². The summed E-state index contributed by atoms with van der Waals surface area (Å²) in [7, 11) is 0. The molecule has 0 radical (unpaired) electrons. The summed E-state index contributed by atoms with van der Waals surface area (Å²) in [6, 6.07) is 0.268. The summed E-state index contributed by atoms with van der Waals surface area (Å²) in [4.78, 5) is 17.2. The zero-order chi connectivity index (χ0) is 18.0. The van der Waals surface area contributed by atoms with Crippen molar-refractivity contribution in [3.8, 4) is 0 Å². The maximum absolute atomic E-state index is 12.7. The molecular weight excluding hydrogens is 312 g/mol. The van der Waals surface area contributed by atoms with Crippen molar-refractivity contribution in [2.24, 2.45) is 17.3 Å². The molecule has 0 aromatic heterocycles. The molecule has 25 heavy (non-hydrogen) atoms. The van der Waals surface area contributed by atoms with E-state index in [1.807, 2.05) is 18.7 Å². The number of amides is 2. The fraction of sp³-hybridized carbons (Fsp3) is 0.850. The molecule has 3 aliphatic carbocycles. The largest absolute Gasteiger partial charge is 0.336 e. The maximum Gasteiger partial charge on any atom is 0.317 e. The number of rotatable bonds is 6. The van der Waals surface area contributed by atoms with E-state index < -0.39 is 0 Å². The molecule has 5 nitrogen and oxygen atoms in total. The Kier molecular flexibility index (Phi) is 5.74. The quantitative estimate of drug-likeness (QED) is 0.724. The Bertz CT molecular complexity index is 508. The Hall–Kier alpha value is -1.07. The Balaban J connectivity index is 1.61. The van der Waals surface area contributed by atoms with Crippen LogP contribution in [0, 0.1) is 17.3 Å². The molecule has 1 saturated heterocycles. The van der Waals surface area contributed by atoms with E-state index in [1.165, 1.54) is 18.4 Å². The number of allylic oxidation sites excluding steroid dienone is 1. The van der Waals surface area contributed by atoms with Crippen LogP contribution in [0.25, 0.3) is 0 Å². The van der Waals surface area contributed by atoms with Crippen LogP contribution in [0.3, 0.4) is 0 Å². The number of piperazine rings is 1. The molecule has 0 aromatic carbocycles. The first kappa shape index (κ1) is 18.7.